The molecule has 1 unspecified atom stereocenters. The van der Waals surface area contributed by atoms with Gasteiger partial charge in [-0.2, -0.15) is 0 Å². The van der Waals surface area contributed by atoms with Crippen LogP contribution in [0.25, 0.3) is 0 Å². The van der Waals surface area contributed by atoms with Crippen LogP contribution in [-0.4, -0.2) is 12.2 Å². The van der Waals surface area contributed by atoms with Crippen LogP contribution >= 0.6 is 0 Å². The Bertz CT molecular complexity index is 504. The molecule has 1 aliphatic rings. The van der Waals surface area contributed by atoms with Crippen molar-refractivity contribution in [2.24, 2.45) is 0 Å². The maximum absolute atomic E-state index is 5.36. The van der Waals surface area contributed by atoms with Crippen LogP contribution in [0.1, 0.15) is 35.6 Å². The summed E-state index contributed by atoms with van der Waals surface area (Å²) in [6, 6.07) is 10.6. The van der Waals surface area contributed by atoms with Crippen molar-refractivity contribution in [3.8, 4) is 0 Å². The molecule has 1 aliphatic carbocycles. The summed E-state index contributed by atoms with van der Waals surface area (Å²) in [5, 5.41) is 7.33. The van der Waals surface area contributed by atoms with Gasteiger partial charge in [0.1, 0.15) is 0 Å². The van der Waals surface area contributed by atoms with Gasteiger partial charge >= 0.3 is 0 Å². The number of fused-ring (bicyclic) bond motifs is 1. The van der Waals surface area contributed by atoms with Crippen LogP contribution in [0.3, 0.4) is 0 Å². The summed E-state index contributed by atoms with van der Waals surface area (Å²) in [5.74, 6) is 1.23. The van der Waals surface area contributed by atoms with Gasteiger partial charge in [-0.05, 0) is 24.8 Å². The first-order valence-electron chi connectivity index (χ1n) is 6.11. The van der Waals surface area contributed by atoms with Gasteiger partial charge in [-0.15, -0.1) is 0 Å². The van der Waals surface area contributed by atoms with Gasteiger partial charge in [0.15, 0.2) is 0 Å². The summed E-state index contributed by atoms with van der Waals surface area (Å²) in [5.41, 5.74) is 3.71. The van der Waals surface area contributed by atoms with Crippen molar-refractivity contribution in [2.75, 3.05) is 12.4 Å². The Morgan fingerprint density at radius 1 is 1.29 bits per heavy atom. The van der Waals surface area contributed by atoms with Crippen molar-refractivity contribution in [2.45, 2.75) is 25.2 Å². The zero-order valence-electron chi connectivity index (χ0n) is 9.94. The van der Waals surface area contributed by atoms with Crippen LogP contribution in [-0.2, 0) is 6.42 Å². The first-order chi connectivity index (χ1) is 8.40. The maximum Gasteiger partial charge on any atom is 0.227 e. The number of anilines is 1. The third-order valence-corrected chi connectivity index (χ3v) is 3.50. The van der Waals surface area contributed by atoms with Gasteiger partial charge < -0.3 is 9.84 Å². The first kappa shape index (κ1) is 10.4. The van der Waals surface area contributed by atoms with Crippen LogP contribution in [0, 0.1) is 0 Å². The molecule has 0 saturated carbocycles. The molecule has 88 valence electrons. The Balaban J connectivity index is 2.03. The highest BCUT2D eigenvalue weighted by molar-refractivity contribution is 5.47. The fourth-order valence-electron chi connectivity index (χ4n) is 2.66. The molecule has 1 heterocycles. The predicted molar refractivity (Wildman–Crippen MR) is 67.3 cm³/mol. The summed E-state index contributed by atoms with van der Waals surface area (Å²) in [6.07, 6.45) is 3.42. The molecule has 1 atom stereocenters. The molecule has 0 saturated heterocycles. The second-order valence-electron chi connectivity index (χ2n) is 4.48. The number of hydrogen-bond acceptors (Lipinski definition) is 3. The highest BCUT2D eigenvalue weighted by Gasteiger charge is 2.28. The molecule has 2 aromatic rings. The van der Waals surface area contributed by atoms with E-state index in [2.05, 4.69) is 40.8 Å². The first-order valence-corrected chi connectivity index (χ1v) is 6.11. The molecule has 0 spiro atoms. The van der Waals surface area contributed by atoms with Crippen molar-refractivity contribution in [3.63, 3.8) is 0 Å². The van der Waals surface area contributed by atoms with Crippen LogP contribution in [0.15, 0.2) is 34.9 Å². The molecular formula is C14H16N2O. The average Bonchev–Trinajstić information content (AvgIpc) is 2.82. The van der Waals surface area contributed by atoms with E-state index in [0.29, 0.717) is 5.92 Å². The molecule has 0 aliphatic heterocycles. The van der Waals surface area contributed by atoms with E-state index in [0.717, 1.165) is 24.4 Å². The van der Waals surface area contributed by atoms with Crippen molar-refractivity contribution in [1.82, 2.24) is 5.16 Å². The minimum absolute atomic E-state index is 0.394. The molecule has 0 amide bonds. The van der Waals surface area contributed by atoms with Crippen molar-refractivity contribution in [3.05, 3.63) is 47.2 Å². The Morgan fingerprint density at radius 2 is 2.12 bits per heavy atom. The van der Waals surface area contributed by atoms with E-state index >= 15 is 0 Å². The third kappa shape index (κ3) is 1.71. The van der Waals surface area contributed by atoms with Gasteiger partial charge in [0.25, 0.3) is 0 Å². The second kappa shape index (κ2) is 4.24. The molecule has 0 bridgehead atoms. The largest absolute Gasteiger partial charge is 0.357 e. The van der Waals surface area contributed by atoms with Crippen LogP contribution in [0.4, 0.5) is 5.88 Å². The highest BCUT2D eigenvalue weighted by atomic mass is 16.5. The average molecular weight is 228 g/mol. The van der Waals surface area contributed by atoms with Crippen LogP contribution in [0.2, 0.25) is 0 Å². The summed E-state index contributed by atoms with van der Waals surface area (Å²) >= 11 is 0. The zero-order valence-corrected chi connectivity index (χ0v) is 9.94. The Morgan fingerprint density at radius 3 is 2.88 bits per heavy atom. The Hall–Kier alpha value is -1.77. The lowest BCUT2D eigenvalue weighted by Gasteiger charge is -2.20. The standard InChI is InChI=1S/C14H16N2O/c1-15-14-12-9-5-8-11(13(12)16-17-14)10-6-3-2-4-7-10/h2-4,6-7,11,15H,5,8-9H2,1H3. The van der Waals surface area contributed by atoms with E-state index in [-0.39, 0.29) is 0 Å². The number of aromatic nitrogens is 1. The zero-order chi connectivity index (χ0) is 11.7. The number of nitrogens with one attached hydrogen (secondary N) is 1. The van der Waals surface area contributed by atoms with Gasteiger partial charge in [0.2, 0.25) is 5.88 Å². The quantitative estimate of drug-likeness (QED) is 0.857. The van der Waals surface area contributed by atoms with Crippen molar-refractivity contribution < 1.29 is 4.52 Å². The number of benzene rings is 1. The molecule has 0 radical (unpaired) electrons. The molecule has 3 heteroatoms. The lowest BCUT2D eigenvalue weighted by Crippen LogP contribution is -2.11. The number of hydrogen-bond donors (Lipinski definition) is 1. The summed E-state index contributed by atoms with van der Waals surface area (Å²) < 4.78 is 5.36. The van der Waals surface area contributed by atoms with Gasteiger partial charge in [0, 0.05) is 18.5 Å². The topological polar surface area (TPSA) is 38.1 Å². The van der Waals surface area contributed by atoms with Crippen molar-refractivity contribution in [1.29, 1.82) is 0 Å². The molecule has 0 fully saturated rings. The second-order valence-corrected chi connectivity index (χ2v) is 4.48. The monoisotopic (exact) mass is 228 g/mol. The lowest BCUT2D eigenvalue weighted by molar-refractivity contribution is 0.420. The van der Waals surface area contributed by atoms with E-state index in [1.165, 1.54) is 17.5 Å². The van der Waals surface area contributed by atoms with Crippen LogP contribution in [0.5, 0.6) is 0 Å². The Labute approximate surface area is 101 Å². The summed E-state index contributed by atoms with van der Waals surface area (Å²) in [6.45, 7) is 0. The highest BCUT2D eigenvalue weighted by Crippen LogP contribution is 2.38. The lowest BCUT2D eigenvalue weighted by atomic mass is 9.83. The molecule has 1 aromatic carbocycles. The number of nitrogens with zero attached hydrogens (tertiary/aromatic N) is 1. The van der Waals surface area contributed by atoms with E-state index in [9.17, 15) is 0 Å². The van der Waals surface area contributed by atoms with Gasteiger partial charge in [-0.3, -0.25) is 0 Å². The molecule has 3 nitrogen and oxygen atoms in total. The van der Waals surface area contributed by atoms with E-state index < -0.39 is 0 Å². The normalized spacial score (nSPS) is 18.8. The smallest absolute Gasteiger partial charge is 0.227 e. The van der Waals surface area contributed by atoms with Crippen LogP contribution < -0.4 is 5.32 Å². The van der Waals surface area contributed by atoms with Gasteiger partial charge in [-0.25, -0.2) is 0 Å². The molecular weight excluding hydrogens is 212 g/mol. The minimum atomic E-state index is 0.394. The third-order valence-electron chi connectivity index (χ3n) is 3.50. The minimum Gasteiger partial charge on any atom is -0.357 e. The van der Waals surface area contributed by atoms with E-state index in [4.69, 9.17) is 4.52 Å². The summed E-state index contributed by atoms with van der Waals surface area (Å²) in [4.78, 5) is 0. The fraction of sp³-hybridized carbons (Fsp3) is 0.357. The maximum atomic E-state index is 5.36. The molecule has 1 aromatic heterocycles. The van der Waals surface area contributed by atoms with Gasteiger partial charge in [0.05, 0.1) is 5.69 Å². The van der Waals surface area contributed by atoms with Crippen molar-refractivity contribution >= 4 is 5.88 Å². The SMILES string of the molecule is CNc1onc2c1CCCC2c1ccccc1. The molecule has 17 heavy (non-hydrogen) atoms. The predicted octanol–water partition coefficient (Wildman–Crippen LogP) is 3.18. The Kier molecular flexibility index (Phi) is 2.59. The van der Waals surface area contributed by atoms with E-state index in [1.54, 1.807) is 0 Å². The van der Waals surface area contributed by atoms with Gasteiger partial charge in [-0.1, -0.05) is 35.5 Å². The molecule has 3 rings (SSSR count). The summed E-state index contributed by atoms with van der Waals surface area (Å²) in [7, 11) is 1.88. The van der Waals surface area contributed by atoms with E-state index in [1.807, 2.05) is 7.05 Å². The number of rotatable bonds is 2. The molecule has 1 N–H and O–H groups in total. The fourth-order valence-corrected chi connectivity index (χ4v) is 2.66.